The molecule has 2 aromatic rings. The highest BCUT2D eigenvalue weighted by atomic mass is 32.2. The van der Waals surface area contributed by atoms with Gasteiger partial charge in [-0.2, -0.15) is 4.31 Å². The Morgan fingerprint density at radius 1 is 1.00 bits per heavy atom. The fraction of sp³-hybridized carbons (Fsp3) is 0.381. The SMILES string of the molecule is CCN(CC)S(=O)(=O)c1cc(C(=O)NCc2ccc(OC)c(OC)c2)ccc1C. The summed E-state index contributed by atoms with van der Waals surface area (Å²) in [5, 5.41) is 2.82. The average Bonchev–Trinajstić information content (AvgIpc) is 2.72. The summed E-state index contributed by atoms with van der Waals surface area (Å²) in [7, 11) is -0.547. The van der Waals surface area contributed by atoms with Crippen LogP contribution in [0.3, 0.4) is 0 Å². The van der Waals surface area contributed by atoms with Gasteiger partial charge in [-0.15, -0.1) is 0 Å². The van der Waals surface area contributed by atoms with Crippen LogP contribution in [0.15, 0.2) is 41.3 Å². The van der Waals surface area contributed by atoms with Crippen LogP contribution >= 0.6 is 0 Å². The molecule has 0 fully saturated rings. The van der Waals surface area contributed by atoms with Crippen LogP contribution in [-0.4, -0.2) is 45.9 Å². The molecule has 2 aromatic carbocycles. The molecular weight excluding hydrogens is 392 g/mol. The maximum Gasteiger partial charge on any atom is 0.251 e. The lowest BCUT2D eigenvalue weighted by Gasteiger charge is -2.20. The zero-order chi connectivity index (χ0) is 21.6. The van der Waals surface area contributed by atoms with Gasteiger partial charge in [0.05, 0.1) is 19.1 Å². The first-order valence-corrected chi connectivity index (χ1v) is 10.8. The molecule has 0 saturated heterocycles. The van der Waals surface area contributed by atoms with Gasteiger partial charge in [-0.1, -0.05) is 26.0 Å². The third-order valence-corrected chi connectivity index (χ3v) is 6.87. The molecule has 0 saturated carbocycles. The smallest absolute Gasteiger partial charge is 0.251 e. The quantitative estimate of drug-likeness (QED) is 0.674. The maximum absolute atomic E-state index is 12.9. The molecule has 0 spiro atoms. The second-order valence-corrected chi connectivity index (χ2v) is 8.35. The van der Waals surface area contributed by atoms with E-state index in [9.17, 15) is 13.2 Å². The molecule has 0 aliphatic heterocycles. The molecule has 2 rings (SSSR count). The van der Waals surface area contributed by atoms with Gasteiger partial charge in [0, 0.05) is 25.2 Å². The first-order valence-electron chi connectivity index (χ1n) is 9.38. The zero-order valence-corrected chi connectivity index (χ0v) is 18.3. The van der Waals surface area contributed by atoms with Crippen LogP contribution in [0.5, 0.6) is 11.5 Å². The molecule has 8 heteroatoms. The average molecular weight is 421 g/mol. The number of benzene rings is 2. The summed E-state index contributed by atoms with van der Waals surface area (Å²) in [5.41, 5.74) is 1.73. The van der Waals surface area contributed by atoms with E-state index in [4.69, 9.17) is 9.47 Å². The lowest BCUT2D eigenvalue weighted by atomic mass is 10.1. The highest BCUT2D eigenvalue weighted by Gasteiger charge is 2.24. The summed E-state index contributed by atoms with van der Waals surface area (Å²) in [6, 6.07) is 10.1. The molecule has 0 aromatic heterocycles. The van der Waals surface area contributed by atoms with Gasteiger partial charge in [-0.3, -0.25) is 4.79 Å². The van der Waals surface area contributed by atoms with Crippen molar-refractivity contribution in [2.75, 3.05) is 27.3 Å². The molecule has 0 bridgehead atoms. The molecule has 7 nitrogen and oxygen atoms in total. The van der Waals surface area contributed by atoms with Gasteiger partial charge in [0.25, 0.3) is 5.91 Å². The highest BCUT2D eigenvalue weighted by molar-refractivity contribution is 7.89. The Hall–Kier alpha value is -2.58. The minimum atomic E-state index is -3.65. The van der Waals surface area contributed by atoms with E-state index >= 15 is 0 Å². The molecule has 29 heavy (non-hydrogen) atoms. The van der Waals surface area contributed by atoms with E-state index < -0.39 is 10.0 Å². The van der Waals surface area contributed by atoms with Gasteiger partial charge in [-0.05, 0) is 42.3 Å². The van der Waals surface area contributed by atoms with Crippen LogP contribution in [0.2, 0.25) is 0 Å². The third kappa shape index (κ3) is 5.07. The summed E-state index contributed by atoms with van der Waals surface area (Å²) < 4.78 is 37.6. The van der Waals surface area contributed by atoms with Gasteiger partial charge < -0.3 is 14.8 Å². The van der Waals surface area contributed by atoms with Crippen molar-refractivity contribution in [3.8, 4) is 11.5 Å². The normalized spacial score (nSPS) is 11.4. The summed E-state index contributed by atoms with van der Waals surface area (Å²) in [4.78, 5) is 12.8. The van der Waals surface area contributed by atoms with Gasteiger partial charge in [0.15, 0.2) is 11.5 Å². The number of ether oxygens (including phenoxy) is 2. The van der Waals surface area contributed by atoms with E-state index in [1.807, 2.05) is 6.07 Å². The summed E-state index contributed by atoms with van der Waals surface area (Å²) in [6.45, 7) is 6.31. The Morgan fingerprint density at radius 2 is 1.66 bits per heavy atom. The van der Waals surface area contributed by atoms with Crippen molar-refractivity contribution < 1.29 is 22.7 Å². The van der Waals surface area contributed by atoms with Crippen molar-refractivity contribution in [2.45, 2.75) is 32.2 Å². The van der Waals surface area contributed by atoms with Crippen molar-refractivity contribution in [1.29, 1.82) is 0 Å². The number of aryl methyl sites for hydroxylation is 1. The van der Waals surface area contributed by atoms with Gasteiger partial charge in [-0.25, -0.2) is 8.42 Å². The van der Waals surface area contributed by atoms with Gasteiger partial charge >= 0.3 is 0 Å². The lowest BCUT2D eigenvalue weighted by Crippen LogP contribution is -2.31. The number of nitrogens with one attached hydrogen (secondary N) is 1. The molecule has 0 radical (unpaired) electrons. The number of carbonyl (C=O) groups is 1. The Bertz CT molecular complexity index is 969. The fourth-order valence-corrected chi connectivity index (χ4v) is 4.71. The zero-order valence-electron chi connectivity index (χ0n) is 17.5. The van der Waals surface area contributed by atoms with Crippen LogP contribution in [-0.2, 0) is 16.6 Å². The maximum atomic E-state index is 12.9. The summed E-state index contributed by atoms with van der Waals surface area (Å²) in [5.74, 6) is 0.824. The number of sulfonamides is 1. The molecule has 0 atom stereocenters. The van der Waals surface area contributed by atoms with E-state index in [1.165, 1.54) is 10.4 Å². The van der Waals surface area contributed by atoms with E-state index in [2.05, 4.69) is 5.32 Å². The Morgan fingerprint density at radius 3 is 2.24 bits per heavy atom. The van der Waals surface area contributed by atoms with Crippen LogP contribution < -0.4 is 14.8 Å². The monoisotopic (exact) mass is 420 g/mol. The molecule has 0 heterocycles. The standard InChI is InChI=1S/C21H28N2O5S/c1-6-23(7-2)29(25,26)20-13-17(10-8-15(20)3)21(24)22-14-16-9-11-18(27-4)19(12-16)28-5/h8-13H,6-7,14H2,1-5H3,(H,22,24). The molecule has 0 aliphatic rings. The minimum absolute atomic E-state index is 0.153. The second-order valence-electron chi connectivity index (χ2n) is 6.44. The van der Waals surface area contributed by atoms with E-state index in [0.29, 0.717) is 35.7 Å². The van der Waals surface area contributed by atoms with Crippen LogP contribution in [0.1, 0.15) is 35.3 Å². The largest absolute Gasteiger partial charge is 0.493 e. The first kappa shape index (κ1) is 22.7. The summed E-state index contributed by atoms with van der Waals surface area (Å²) in [6.07, 6.45) is 0. The van der Waals surface area contributed by atoms with Crippen LogP contribution in [0, 0.1) is 6.92 Å². The minimum Gasteiger partial charge on any atom is -0.493 e. The Balaban J connectivity index is 2.22. The van der Waals surface area contributed by atoms with E-state index in [-0.39, 0.29) is 17.3 Å². The number of hydrogen-bond acceptors (Lipinski definition) is 5. The first-order chi connectivity index (χ1) is 13.8. The highest BCUT2D eigenvalue weighted by Crippen LogP contribution is 2.27. The van der Waals surface area contributed by atoms with E-state index in [1.54, 1.807) is 59.3 Å². The van der Waals surface area contributed by atoms with Crippen molar-refractivity contribution in [3.05, 3.63) is 53.1 Å². The third-order valence-electron chi connectivity index (χ3n) is 4.67. The number of hydrogen-bond donors (Lipinski definition) is 1. The number of methoxy groups -OCH3 is 2. The number of nitrogens with zero attached hydrogens (tertiary/aromatic N) is 1. The predicted octanol–water partition coefficient (Wildman–Crippen LogP) is 2.97. The Kier molecular flexibility index (Phi) is 7.64. The van der Waals surface area contributed by atoms with Crippen molar-refractivity contribution in [1.82, 2.24) is 9.62 Å². The lowest BCUT2D eigenvalue weighted by molar-refractivity contribution is 0.0950. The fourth-order valence-electron chi connectivity index (χ4n) is 3.00. The number of carbonyl (C=O) groups excluding carboxylic acids is 1. The molecule has 0 aliphatic carbocycles. The molecule has 1 N–H and O–H groups in total. The topological polar surface area (TPSA) is 84.9 Å². The van der Waals surface area contributed by atoms with Crippen molar-refractivity contribution >= 4 is 15.9 Å². The van der Waals surface area contributed by atoms with Crippen molar-refractivity contribution in [2.24, 2.45) is 0 Å². The van der Waals surface area contributed by atoms with Gasteiger partial charge in [0.2, 0.25) is 10.0 Å². The number of amides is 1. The molecule has 1 amide bonds. The molecule has 0 unspecified atom stereocenters. The van der Waals surface area contributed by atoms with Crippen LogP contribution in [0.25, 0.3) is 0 Å². The summed E-state index contributed by atoms with van der Waals surface area (Å²) >= 11 is 0. The molecular formula is C21H28N2O5S. The van der Waals surface area contributed by atoms with Gasteiger partial charge in [0.1, 0.15) is 0 Å². The number of rotatable bonds is 9. The van der Waals surface area contributed by atoms with E-state index in [0.717, 1.165) is 5.56 Å². The second kappa shape index (κ2) is 9.76. The predicted molar refractivity (Wildman–Crippen MR) is 112 cm³/mol. The Labute approximate surface area is 172 Å². The van der Waals surface area contributed by atoms with Crippen molar-refractivity contribution in [3.63, 3.8) is 0 Å². The molecule has 158 valence electrons. The van der Waals surface area contributed by atoms with Crippen LogP contribution in [0.4, 0.5) is 0 Å².